The van der Waals surface area contributed by atoms with Crippen LogP contribution in [0.15, 0.2) is 0 Å². The first-order chi connectivity index (χ1) is 20.8. The topological polar surface area (TPSA) is 157 Å². The highest BCUT2D eigenvalue weighted by molar-refractivity contribution is 5.78. The molecule has 0 aliphatic carbocycles. The smallest absolute Gasteiger partial charge is 0.186 e. The van der Waals surface area contributed by atoms with Gasteiger partial charge >= 0.3 is 0 Å². The Labute approximate surface area is 261 Å². The predicted octanol–water partition coefficient (Wildman–Crippen LogP) is 5.09. The summed E-state index contributed by atoms with van der Waals surface area (Å²) in [7, 11) is 0. The summed E-state index contributed by atoms with van der Waals surface area (Å²) in [6.45, 7) is 1.34. The molecule has 43 heavy (non-hydrogen) atoms. The predicted molar refractivity (Wildman–Crippen MR) is 169 cm³/mol. The number of carbonyl (C=O) groups excluding carboxylic acids is 1. The molecular formula is C34H66O9. The minimum atomic E-state index is -1.45. The number of hydrogen-bond donors (Lipinski definition) is 6. The molecule has 1 aliphatic heterocycles. The first kappa shape index (κ1) is 40.4. The van der Waals surface area contributed by atoms with Crippen LogP contribution >= 0.6 is 0 Å². The fourth-order valence-electron chi connectivity index (χ4n) is 5.81. The van der Waals surface area contributed by atoms with Crippen LogP contribution in [0.5, 0.6) is 0 Å². The maximum absolute atomic E-state index is 11.6. The summed E-state index contributed by atoms with van der Waals surface area (Å²) in [5.41, 5.74) is 0. The Kier molecular flexibility index (Phi) is 24.9. The minimum Gasteiger partial charge on any atom is -0.394 e. The van der Waals surface area contributed by atoms with E-state index < -0.39 is 49.5 Å². The van der Waals surface area contributed by atoms with Gasteiger partial charge in [0, 0.05) is 12.8 Å². The van der Waals surface area contributed by atoms with Crippen molar-refractivity contribution < 1.29 is 44.9 Å². The zero-order valence-electron chi connectivity index (χ0n) is 27.1. The molecule has 0 bridgehead atoms. The highest BCUT2D eigenvalue weighted by Crippen LogP contribution is 2.22. The highest BCUT2D eigenvalue weighted by Gasteiger charge is 2.43. The number of aliphatic hydroxyl groups is 6. The third-order valence-corrected chi connectivity index (χ3v) is 8.60. The molecule has 0 aromatic heterocycles. The molecule has 7 atom stereocenters. The number of ether oxygens (including phenoxy) is 2. The minimum absolute atomic E-state index is 0.156. The maximum Gasteiger partial charge on any atom is 0.186 e. The highest BCUT2D eigenvalue weighted by atomic mass is 16.7. The first-order valence-corrected chi connectivity index (χ1v) is 17.6. The van der Waals surface area contributed by atoms with E-state index in [0.717, 1.165) is 25.7 Å². The van der Waals surface area contributed by atoms with Crippen LogP contribution in [0.4, 0.5) is 0 Å². The Bertz CT molecular complexity index is 645. The molecule has 0 amide bonds. The molecule has 1 saturated heterocycles. The van der Waals surface area contributed by atoms with Crippen molar-refractivity contribution in [1.82, 2.24) is 0 Å². The summed E-state index contributed by atoms with van der Waals surface area (Å²) < 4.78 is 10.8. The lowest BCUT2D eigenvalue weighted by Crippen LogP contribution is -2.59. The zero-order valence-corrected chi connectivity index (χ0v) is 27.1. The van der Waals surface area contributed by atoms with Crippen LogP contribution in [0.2, 0.25) is 0 Å². The molecule has 1 heterocycles. The molecule has 9 heteroatoms. The molecule has 0 radical (unpaired) electrons. The molecule has 0 spiro atoms. The Hall–Kier alpha value is -0.650. The van der Waals surface area contributed by atoms with Crippen LogP contribution in [0, 0.1) is 0 Å². The first-order valence-electron chi connectivity index (χ1n) is 17.6. The number of rotatable bonds is 29. The van der Waals surface area contributed by atoms with Crippen molar-refractivity contribution in [3.8, 4) is 0 Å². The Morgan fingerprint density at radius 2 is 1.09 bits per heavy atom. The van der Waals surface area contributed by atoms with Crippen molar-refractivity contribution in [2.45, 2.75) is 198 Å². The third-order valence-electron chi connectivity index (χ3n) is 8.60. The molecular weight excluding hydrogens is 552 g/mol. The summed E-state index contributed by atoms with van der Waals surface area (Å²) in [6.07, 6.45) is 18.4. The van der Waals surface area contributed by atoms with Crippen LogP contribution in [-0.2, 0) is 14.3 Å². The average Bonchev–Trinajstić information content (AvgIpc) is 2.97. The summed E-state index contributed by atoms with van der Waals surface area (Å²) in [5.74, 6) is 0.192. The molecule has 6 N–H and O–H groups in total. The fourth-order valence-corrected chi connectivity index (χ4v) is 5.81. The molecule has 0 aromatic rings. The second kappa shape index (κ2) is 26.6. The fraction of sp³-hybridized carbons (Fsp3) is 0.971. The summed E-state index contributed by atoms with van der Waals surface area (Å²) in [4.78, 5) is 11.6. The summed E-state index contributed by atoms with van der Waals surface area (Å²) >= 11 is 0. The van der Waals surface area contributed by atoms with Gasteiger partial charge in [0.2, 0.25) is 0 Å². The Balaban J connectivity index is 1.79. The lowest BCUT2D eigenvalue weighted by Gasteiger charge is -2.39. The lowest BCUT2D eigenvalue weighted by atomic mass is 9.99. The van der Waals surface area contributed by atoms with E-state index in [1.165, 1.54) is 96.3 Å². The van der Waals surface area contributed by atoms with Crippen LogP contribution in [0.25, 0.3) is 0 Å². The van der Waals surface area contributed by atoms with E-state index in [1.807, 2.05) is 0 Å². The number of unbranched alkanes of at least 4 members (excludes halogenated alkanes) is 18. The quantitative estimate of drug-likeness (QED) is 0.0629. The van der Waals surface area contributed by atoms with Gasteiger partial charge in [0.25, 0.3) is 0 Å². The number of aliphatic hydroxyl groups excluding tert-OH is 6. The van der Waals surface area contributed by atoms with Crippen LogP contribution in [0.1, 0.15) is 155 Å². The third kappa shape index (κ3) is 20.9. The van der Waals surface area contributed by atoms with Crippen LogP contribution < -0.4 is 0 Å². The summed E-state index contributed by atoms with van der Waals surface area (Å²) in [5, 5.41) is 58.2. The molecule has 1 rings (SSSR count). The number of Topliss-reactive ketones (excluding diaryl/α,β-unsaturated/α-hetero) is 1. The van der Waals surface area contributed by atoms with Gasteiger partial charge in [0.1, 0.15) is 30.2 Å². The maximum atomic E-state index is 11.6. The Morgan fingerprint density at radius 1 is 0.651 bits per heavy atom. The number of ketones is 1. The van der Waals surface area contributed by atoms with Crippen molar-refractivity contribution in [2.24, 2.45) is 0 Å². The monoisotopic (exact) mass is 618 g/mol. The SMILES string of the molecule is C[C@@H](O)CC(=O)CCCCCCCCCCCCCCCCCCCCC[C@@H](O)CCO[C@H]1OC(CO)[C@@H](O)C(O)[C@@H]1O. The second-order valence-electron chi connectivity index (χ2n) is 12.9. The van der Waals surface area contributed by atoms with Gasteiger partial charge in [-0.25, -0.2) is 0 Å². The van der Waals surface area contributed by atoms with Crippen molar-refractivity contribution in [2.75, 3.05) is 13.2 Å². The molecule has 0 aromatic carbocycles. The van der Waals surface area contributed by atoms with E-state index >= 15 is 0 Å². The van der Waals surface area contributed by atoms with Gasteiger partial charge in [-0.2, -0.15) is 0 Å². The molecule has 2 unspecified atom stereocenters. The summed E-state index contributed by atoms with van der Waals surface area (Å²) in [6, 6.07) is 0. The second-order valence-corrected chi connectivity index (χ2v) is 12.9. The lowest BCUT2D eigenvalue weighted by molar-refractivity contribution is -0.301. The van der Waals surface area contributed by atoms with E-state index in [1.54, 1.807) is 6.92 Å². The van der Waals surface area contributed by atoms with E-state index in [0.29, 0.717) is 25.7 Å². The average molecular weight is 619 g/mol. The number of carbonyl (C=O) groups is 1. The van der Waals surface area contributed by atoms with E-state index in [4.69, 9.17) is 9.47 Å². The van der Waals surface area contributed by atoms with Crippen LogP contribution in [0.3, 0.4) is 0 Å². The van der Waals surface area contributed by atoms with Crippen molar-refractivity contribution >= 4 is 5.78 Å². The van der Waals surface area contributed by atoms with Gasteiger partial charge in [-0.3, -0.25) is 4.79 Å². The van der Waals surface area contributed by atoms with Gasteiger partial charge in [-0.05, 0) is 26.2 Å². The Morgan fingerprint density at radius 3 is 1.53 bits per heavy atom. The van der Waals surface area contributed by atoms with Gasteiger partial charge in [0.15, 0.2) is 6.29 Å². The van der Waals surface area contributed by atoms with Crippen molar-refractivity contribution in [3.05, 3.63) is 0 Å². The van der Waals surface area contributed by atoms with Crippen LogP contribution in [-0.4, -0.2) is 92.5 Å². The largest absolute Gasteiger partial charge is 0.394 e. The van der Waals surface area contributed by atoms with Crippen molar-refractivity contribution in [1.29, 1.82) is 0 Å². The molecule has 1 aliphatic rings. The van der Waals surface area contributed by atoms with Gasteiger partial charge in [-0.1, -0.05) is 116 Å². The molecule has 9 nitrogen and oxygen atoms in total. The van der Waals surface area contributed by atoms with Gasteiger partial charge < -0.3 is 40.1 Å². The normalized spacial score (nSPS) is 23.8. The van der Waals surface area contributed by atoms with Crippen molar-refractivity contribution in [3.63, 3.8) is 0 Å². The van der Waals surface area contributed by atoms with E-state index in [9.17, 15) is 35.4 Å². The standard InChI is InChI=1S/C34H66O9/c1-27(36)25-29(38)22-20-18-16-14-12-10-8-6-4-2-3-5-7-9-11-13-15-17-19-21-28(37)23-24-42-34-33(41)32(40)31(39)30(26-35)43-34/h27-28,30-37,39-41H,2-26H2,1H3/t27-,28-,30?,31-,32?,33+,34+/m1/s1. The van der Waals surface area contributed by atoms with Gasteiger partial charge in [0.05, 0.1) is 25.4 Å². The zero-order chi connectivity index (χ0) is 31.7. The molecule has 1 fully saturated rings. The number of hydrogen-bond acceptors (Lipinski definition) is 9. The van der Waals surface area contributed by atoms with E-state index in [-0.39, 0.29) is 12.4 Å². The van der Waals surface area contributed by atoms with E-state index in [2.05, 4.69) is 0 Å². The molecule has 0 saturated carbocycles. The van der Waals surface area contributed by atoms with Gasteiger partial charge in [-0.15, -0.1) is 0 Å². The molecule has 256 valence electrons.